The van der Waals surface area contributed by atoms with E-state index < -0.39 is 0 Å². The second-order valence-electron chi connectivity index (χ2n) is 8.74. The lowest BCUT2D eigenvalue weighted by Gasteiger charge is -2.22. The van der Waals surface area contributed by atoms with E-state index in [1.54, 1.807) is 19.4 Å². The highest BCUT2D eigenvalue weighted by molar-refractivity contribution is 6.01. The van der Waals surface area contributed by atoms with Crippen LogP contribution in [0.15, 0.2) is 47.1 Å². The molecule has 0 aliphatic heterocycles. The zero-order valence-corrected chi connectivity index (χ0v) is 20.0. The van der Waals surface area contributed by atoms with E-state index in [0.717, 1.165) is 63.1 Å². The van der Waals surface area contributed by atoms with E-state index in [9.17, 15) is 4.79 Å². The summed E-state index contributed by atoms with van der Waals surface area (Å²) in [5.41, 5.74) is 5.49. The third kappa shape index (κ3) is 4.92. The van der Waals surface area contributed by atoms with Gasteiger partial charge in [0.2, 0.25) is 5.91 Å². The van der Waals surface area contributed by atoms with Crippen LogP contribution in [0.4, 0.5) is 0 Å². The van der Waals surface area contributed by atoms with Crippen molar-refractivity contribution in [1.82, 2.24) is 5.32 Å². The zero-order valence-electron chi connectivity index (χ0n) is 20.0. The van der Waals surface area contributed by atoms with Crippen LogP contribution in [0.5, 0.6) is 11.5 Å². The summed E-state index contributed by atoms with van der Waals surface area (Å²) in [6.45, 7) is 6.47. The Morgan fingerprint density at radius 2 is 2.00 bits per heavy atom. The highest BCUT2D eigenvalue weighted by atomic mass is 16.5. The third-order valence-electron chi connectivity index (χ3n) is 6.44. The molecule has 0 radical (unpaired) electrons. The fraction of sp³-hybridized carbons (Fsp3) is 0.393. The number of hydrogen-bond acceptors (Lipinski definition) is 4. The number of furan rings is 1. The topological polar surface area (TPSA) is 60.7 Å². The number of benzene rings is 2. The lowest BCUT2D eigenvalue weighted by molar-refractivity contribution is -0.117. The standard InChI is InChI=1S/C28H33NO4/c1-5-32-27-19(3)28-24(25(17-33-28)20-10-9-13-22(15-20)31-4)16-23(27)18(2)14-26(30)29-21-11-7-6-8-12-21/h9-10,13-17,21H,5-8,11-12H2,1-4H3,(H,29,30)/b18-14+. The van der Waals surface area contributed by atoms with Crippen LogP contribution in [-0.2, 0) is 4.79 Å². The van der Waals surface area contributed by atoms with E-state index in [2.05, 4.69) is 11.4 Å². The van der Waals surface area contributed by atoms with Crippen LogP contribution < -0.4 is 14.8 Å². The number of amides is 1. The van der Waals surface area contributed by atoms with Crippen molar-refractivity contribution in [2.24, 2.45) is 0 Å². The molecule has 1 N–H and O–H groups in total. The number of rotatable bonds is 7. The number of allylic oxidation sites excluding steroid dienone is 1. The van der Waals surface area contributed by atoms with Gasteiger partial charge in [0.25, 0.3) is 0 Å². The largest absolute Gasteiger partial charge is 0.497 e. The Labute approximate surface area is 195 Å². The highest BCUT2D eigenvalue weighted by Gasteiger charge is 2.20. The second kappa shape index (κ2) is 10.2. The molecule has 0 atom stereocenters. The predicted octanol–water partition coefficient (Wildman–Crippen LogP) is 6.67. The first-order valence-corrected chi connectivity index (χ1v) is 11.8. The van der Waals surface area contributed by atoms with Crippen molar-refractivity contribution in [2.45, 2.75) is 58.9 Å². The highest BCUT2D eigenvalue weighted by Crippen LogP contribution is 2.41. The molecule has 3 aromatic rings. The summed E-state index contributed by atoms with van der Waals surface area (Å²) in [5.74, 6) is 1.51. The summed E-state index contributed by atoms with van der Waals surface area (Å²) in [7, 11) is 1.66. The van der Waals surface area contributed by atoms with Crippen molar-refractivity contribution in [3.8, 4) is 22.6 Å². The first-order valence-electron chi connectivity index (χ1n) is 11.8. The van der Waals surface area contributed by atoms with Crippen molar-refractivity contribution >= 4 is 22.4 Å². The minimum atomic E-state index is -0.0418. The third-order valence-corrected chi connectivity index (χ3v) is 6.44. The minimum Gasteiger partial charge on any atom is -0.497 e. The molecule has 1 saturated carbocycles. The van der Waals surface area contributed by atoms with E-state index >= 15 is 0 Å². The Kier molecular flexibility index (Phi) is 7.07. The SMILES string of the molecule is CCOc1c(/C(C)=C/C(=O)NC2CCCCC2)cc2c(-c3cccc(OC)c3)coc2c1C. The van der Waals surface area contributed by atoms with Crippen LogP contribution in [0.2, 0.25) is 0 Å². The molecule has 1 amide bonds. The summed E-state index contributed by atoms with van der Waals surface area (Å²) in [5, 5.41) is 4.16. The number of carbonyl (C=O) groups excluding carboxylic acids is 1. The van der Waals surface area contributed by atoms with Gasteiger partial charge < -0.3 is 19.2 Å². The van der Waals surface area contributed by atoms with Crippen molar-refractivity contribution in [1.29, 1.82) is 0 Å². The molecule has 0 bridgehead atoms. The molecule has 0 unspecified atom stereocenters. The van der Waals surface area contributed by atoms with Gasteiger partial charge in [0.05, 0.1) is 20.0 Å². The lowest BCUT2D eigenvalue weighted by atomic mass is 9.95. The summed E-state index contributed by atoms with van der Waals surface area (Å²) >= 11 is 0. The number of aryl methyl sites for hydroxylation is 1. The Bertz CT molecular complexity index is 1170. The Balaban J connectivity index is 1.75. The van der Waals surface area contributed by atoms with Crippen molar-refractivity contribution in [3.05, 3.63) is 53.8 Å². The molecule has 174 valence electrons. The number of carbonyl (C=O) groups is 1. The summed E-state index contributed by atoms with van der Waals surface area (Å²) < 4.78 is 17.4. The van der Waals surface area contributed by atoms with Gasteiger partial charge in [-0.25, -0.2) is 0 Å². The van der Waals surface area contributed by atoms with E-state index in [1.807, 2.05) is 45.0 Å². The molecule has 1 aromatic heterocycles. The van der Waals surface area contributed by atoms with Crippen LogP contribution >= 0.6 is 0 Å². The van der Waals surface area contributed by atoms with Crippen LogP contribution in [-0.4, -0.2) is 25.7 Å². The van der Waals surface area contributed by atoms with Gasteiger partial charge in [0.1, 0.15) is 17.1 Å². The Morgan fingerprint density at radius 3 is 2.73 bits per heavy atom. The van der Waals surface area contributed by atoms with Crippen molar-refractivity contribution in [3.63, 3.8) is 0 Å². The zero-order chi connectivity index (χ0) is 23.4. The van der Waals surface area contributed by atoms with Crippen molar-refractivity contribution in [2.75, 3.05) is 13.7 Å². The Morgan fingerprint density at radius 1 is 1.21 bits per heavy atom. The average molecular weight is 448 g/mol. The van der Waals surface area contributed by atoms with Gasteiger partial charge in [-0.15, -0.1) is 0 Å². The van der Waals surface area contributed by atoms with E-state index in [1.165, 1.54) is 19.3 Å². The fourth-order valence-electron chi connectivity index (χ4n) is 4.72. The molecule has 5 nitrogen and oxygen atoms in total. The van der Waals surface area contributed by atoms with E-state index in [0.29, 0.717) is 6.61 Å². The van der Waals surface area contributed by atoms with Crippen LogP contribution in [0.25, 0.3) is 27.7 Å². The molecule has 4 rings (SSSR count). The maximum absolute atomic E-state index is 12.8. The number of ether oxygens (including phenoxy) is 2. The molecular formula is C28H33NO4. The number of hydrogen-bond donors (Lipinski definition) is 1. The van der Waals surface area contributed by atoms with Crippen LogP contribution in [0.3, 0.4) is 0 Å². The second-order valence-corrected chi connectivity index (χ2v) is 8.74. The van der Waals surface area contributed by atoms with Gasteiger partial charge in [0.15, 0.2) is 0 Å². The minimum absolute atomic E-state index is 0.0418. The van der Waals surface area contributed by atoms with Gasteiger partial charge in [-0.3, -0.25) is 4.79 Å². The van der Waals surface area contributed by atoms with Gasteiger partial charge in [0, 0.05) is 34.2 Å². The molecule has 2 aromatic carbocycles. The first kappa shape index (κ1) is 23.0. The van der Waals surface area contributed by atoms with Gasteiger partial charge in [-0.05, 0) is 62.9 Å². The molecule has 1 fully saturated rings. The molecule has 33 heavy (non-hydrogen) atoms. The van der Waals surface area contributed by atoms with Gasteiger partial charge in [-0.1, -0.05) is 31.4 Å². The van der Waals surface area contributed by atoms with E-state index in [-0.39, 0.29) is 11.9 Å². The smallest absolute Gasteiger partial charge is 0.244 e. The average Bonchev–Trinajstić information content (AvgIpc) is 3.25. The predicted molar refractivity (Wildman–Crippen MR) is 133 cm³/mol. The number of methoxy groups -OCH3 is 1. The summed E-state index contributed by atoms with van der Waals surface area (Å²) in [6.07, 6.45) is 9.24. The number of fused-ring (bicyclic) bond motifs is 1. The molecule has 0 spiro atoms. The Hall–Kier alpha value is -3.21. The summed E-state index contributed by atoms with van der Waals surface area (Å²) in [4.78, 5) is 12.8. The molecule has 5 heteroatoms. The van der Waals surface area contributed by atoms with Crippen molar-refractivity contribution < 1.29 is 18.7 Å². The monoisotopic (exact) mass is 447 g/mol. The fourth-order valence-corrected chi connectivity index (χ4v) is 4.72. The quantitative estimate of drug-likeness (QED) is 0.411. The lowest BCUT2D eigenvalue weighted by Crippen LogP contribution is -2.35. The maximum atomic E-state index is 12.8. The molecule has 1 aliphatic rings. The normalized spacial score (nSPS) is 15.0. The maximum Gasteiger partial charge on any atom is 0.244 e. The molecular weight excluding hydrogens is 414 g/mol. The van der Waals surface area contributed by atoms with E-state index in [4.69, 9.17) is 13.9 Å². The molecule has 0 saturated heterocycles. The molecule has 1 aliphatic carbocycles. The van der Waals surface area contributed by atoms with Crippen LogP contribution in [0, 0.1) is 6.92 Å². The van der Waals surface area contributed by atoms with Crippen LogP contribution in [0.1, 0.15) is 57.1 Å². The number of nitrogens with one attached hydrogen (secondary N) is 1. The first-order chi connectivity index (χ1) is 16.0. The van der Waals surface area contributed by atoms with Gasteiger partial charge >= 0.3 is 0 Å². The van der Waals surface area contributed by atoms with Gasteiger partial charge in [-0.2, -0.15) is 0 Å². The molecule has 1 heterocycles. The summed E-state index contributed by atoms with van der Waals surface area (Å²) in [6, 6.07) is 10.3.